The van der Waals surface area contributed by atoms with Gasteiger partial charge in [0.15, 0.2) is 5.03 Å². The molecule has 1 aliphatic heterocycles. The number of likely N-dealkylation sites (tertiary alicyclic amines) is 1. The van der Waals surface area contributed by atoms with Crippen molar-refractivity contribution in [2.45, 2.75) is 30.8 Å². The molecule has 0 amide bonds. The number of sulfonamides is 1. The van der Waals surface area contributed by atoms with E-state index in [1.807, 2.05) is 6.92 Å². The second-order valence-corrected chi connectivity index (χ2v) is 7.35. The lowest BCUT2D eigenvalue weighted by Gasteiger charge is -2.34. The first-order valence-electron chi connectivity index (χ1n) is 7.32. The summed E-state index contributed by atoms with van der Waals surface area (Å²) >= 11 is 0. The molecule has 21 heavy (non-hydrogen) atoms. The topological polar surface area (TPSA) is 65.5 Å². The molecule has 7 heteroatoms. The molecule has 1 saturated heterocycles. The predicted octanol–water partition coefficient (Wildman–Crippen LogP) is 1.23. The van der Waals surface area contributed by atoms with E-state index in [9.17, 15) is 8.42 Å². The van der Waals surface area contributed by atoms with Crippen LogP contribution in [0.2, 0.25) is 0 Å². The van der Waals surface area contributed by atoms with Gasteiger partial charge < -0.3 is 10.2 Å². The molecule has 0 saturated carbocycles. The van der Waals surface area contributed by atoms with Crippen molar-refractivity contribution < 1.29 is 8.42 Å². The Labute approximate surface area is 127 Å². The van der Waals surface area contributed by atoms with E-state index in [4.69, 9.17) is 0 Å². The molecular weight excluding hydrogens is 288 g/mol. The SMILES string of the molecule is CCNc1cccnc1S(=O)(=O)N(C)C1CCN(C)CC1. The average Bonchev–Trinajstić information content (AvgIpc) is 2.48. The maximum atomic E-state index is 12.8. The third-order valence-electron chi connectivity index (χ3n) is 3.96. The number of nitrogens with zero attached hydrogens (tertiary/aromatic N) is 3. The second-order valence-electron chi connectivity index (χ2n) is 5.44. The van der Waals surface area contributed by atoms with E-state index in [0.717, 1.165) is 25.9 Å². The number of anilines is 1. The van der Waals surface area contributed by atoms with Gasteiger partial charge in [-0.25, -0.2) is 13.4 Å². The first kappa shape index (κ1) is 16.2. The van der Waals surface area contributed by atoms with Crippen molar-refractivity contribution in [3.63, 3.8) is 0 Å². The van der Waals surface area contributed by atoms with Crippen LogP contribution in [0.1, 0.15) is 19.8 Å². The number of rotatable bonds is 5. The summed E-state index contributed by atoms with van der Waals surface area (Å²) in [4.78, 5) is 6.32. The minimum atomic E-state index is -3.57. The molecule has 0 aliphatic carbocycles. The highest BCUT2D eigenvalue weighted by molar-refractivity contribution is 7.89. The molecule has 0 atom stereocenters. The fraction of sp³-hybridized carbons (Fsp3) is 0.643. The lowest BCUT2D eigenvalue weighted by Crippen LogP contribution is -2.44. The van der Waals surface area contributed by atoms with Crippen molar-refractivity contribution in [2.75, 3.05) is 39.0 Å². The Bertz CT molecular complexity index is 568. The first-order valence-corrected chi connectivity index (χ1v) is 8.76. The standard InChI is InChI=1S/C14H24N4O2S/c1-4-15-13-6-5-9-16-14(13)21(19,20)18(3)12-7-10-17(2)11-8-12/h5-6,9,12,15H,4,7-8,10-11H2,1-3H3. The first-order chi connectivity index (χ1) is 9.96. The van der Waals surface area contributed by atoms with E-state index in [1.165, 1.54) is 10.5 Å². The molecule has 1 N–H and O–H groups in total. The minimum absolute atomic E-state index is 0.0442. The smallest absolute Gasteiger partial charge is 0.262 e. The third-order valence-corrected chi connectivity index (χ3v) is 5.83. The van der Waals surface area contributed by atoms with Gasteiger partial charge in [-0.05, 0) is 52.0 Å². The van der Waals surface area contributed by atoms with Crippen LogP contribution in [0.5, 0.6) is 0 Å². The minimum Gasteiger partial charge on any atom is -0.383 e. The highest BCUT2D eigenvalue weighted by atomic mass is 32.2. The maximum Gasteiger partial charge on any atom is 0.262 e. The predicted molar refractivity (Wildman–Crippen MR) is 83.9 cm³/mol. The van der Waals surface area contributed by atoms with Crippen molar-refractivity contribution in [2.24, 2.45) is 0 Å². The lowest BCUT2D eigenvalue weighted by molar-refractivity contribution is 0.197. The summed E-state index contributed by atoms with van der Waals surface area (Å²) in [5.74, 6) is 0. The Kier molecular flexibility index (Phi) is 5.18. The van der Waals surface area contributed by atoms with Crippen LogP contribution >= 0.6 is 0 Å². The van der Waals surface area contributed by atoms with E-state index < -0.39 is 10.0 Å². The molecule has 0 spiro atoms. The van der Waals surface area contributed by atoms with Crippen molar-refractivity contribution in [1.29, 1.82) is 0 Å². The van der Waals surface area contributed by atoms with Gasteiger partial charge in [-0.1, -0.05) is 0 Å². The summed E-state index contributed by atoms with van der Waals surface area (Å²) < 4.78 is 27.1. The summed E-state index contributed by atoms with van der Waals surface area (Å²) in [6, 6.07) is 3.54. The second kappa shape index (κ2) is 6.72. The van der Waals surface area contributed by atoms with Crippen LogP contribution in [0.3, 0.4) is 0 Å². The molecule has 1 fully saturated rings. The molecule has 2 heterocycles. The normalized spacial score (nSPS) is 18.1. The summed E-state index contributed by atoms with van der Waals surface area (Å²) in [6.45, 7) is 4.44. The van der Waals surface area contributed by atoms with E-state index >= 15 is 0 Å². The van der Waals surface area contributed by atoms with E-state index in [0.29, 0.717) is 12.2 Å². The highest BCUT2D eigenvalue weighted by Gasteiger charge is 2.32. The Hall–Kier alpha value is -1.18. The maximum absolute atomic E-state index is 12.8. The summed E-state index contributed by atoms with van der Waals surface area (Å²) in [5, 5.41) is 3.19. The van der Waals surface area contributed by atoms with Crippen molar-refractivity contribution in [1.82, 2.24) is 14.2 Å². The molecule has 1 aliphatic rings. The Morgan fingerprint density at radius 2 is 2.10 bits per heavy atom. The van der Waals surface area contributed by atoms with Crippen molar-refractivity contribution >= 4 is 15.7 Å². The molecule has 118 valence electrons. The summed E-state index contributed by atoms with van der Waals surface area (Å²) in [6.07, 6.45) is 3.24. The number of hydrogen-bond acceptors (Lipinski definition) is 5. The molecule has 2 rings (SSSR count). The van der Waals surface area contributed by atoms with E-state index in [1.54, 1.807) is 19.2 Å². The third kappa shape index (κ3) is 3.53. The Morgan fingerprint density at radius 3 is 2.71 bits per heavy atom. The van der Waals surface area contributed by atoms with Crippen LogP contribution in [0.4, 0.5) is 5.69 Å². The van der Waals surface area contributed by atoms with Gasteiger partial charge >= 0.3 is 0 Å². The fourth-order valence-corrected chi connectivity index (χ4v) is 4.10. The van der Waals surface area contributed by atoms with Gasteiger partial charge in [-0.2, -0.15) is 4.31 Å². The molecule has 0 unspecified atom stereocenters. The largest absolute Gasteiger partial charge is 0.383 e. The van der Waals surface area contributed by atoms with Gasteiger partial charge in [0.05, 0.1) is 5.69 Å². The number of nitrogens with one attached hydrogen (secondary N) is 1. The Balaban J connectivity index is 2.25. The van der Waals surface area contributed by atoms with Crippen molar-refractivity contribution in [3.8, 4) is 0 Å². The average molecular weight is 312 g/mol. The zero-order valence-electron chi connectivity index (χ0n) is 12.9. The molecule has 0 bridgehead atoms. The van der Waals surface area contributed by atoms with Gasteiger partial charge in [0.25, 0.3) is 10.0 Å². The quantitative estimate of drug-likeness (QED) is 0.886. The molecule has 0 radical (unpaired) electrons. The van der Waals surface area contributed by atoms with Crippen LogP contribution in [0.25, 0.3) is 0 Å². The van der Waals surface area contributed by atoms with Gasteiger partial charge in [0.1, 0.15) is 0 Å². The van der Waals surface area contributed by atoms with Gasteiger partial charge in [0.2, 0.25) is 0 Å². The molecular formula is C14H24N4O2S. The van der Waals surface area contributed by atoms with Crippen LogP contribution in [-0.4, -0.2) is 62.4 Å². The molecule has 0 aromatic carbocycles. The number of piperidine rings is 1. The van der Waals surface area contributed by atoms with Gasteiger partial charge in [-0.15, -0.1) is 0 Å². The molecule has 6 nitrogen and oxygen atoms in total. The molecule has 1 aromatic rings. The zero-order chi connectivity index (χ0) is 15.5. The van der Waals surface area contributed by atoms with Gasteiger partial charge in [-0.3, -0.25) is 0 Å². The fourth-order valence-electron chi connectivity index (χ4n) is 2.61. The zero-order valence-corrected chi connectivity index (χ0v) is 13.7. The molecule has 1 aromatic heterocycles. The number of hydrogen-bond donors (Lipinski definition) is 1. The van der Waals surface area contributed by atoms with Crippen molar-refractivity contribution in [3.05, 3.63) is 18.3 Å². The Morgan fingerprint density at radius 1 is 1.43 bits per heavy atom. The van der Waals surface area contributed by atoms with E-state index in [-0.39, 0.29) is 11.1 Å². The summed E-state index contributed by atoms with van der Waals surface area (Å²) in [5.41, 5.74) is 0.569. The monoisotopic (exact) mass is 312 g/mol. The van der Waals surface area contributed by atoms with Crippen LogP contribution in [-0.2, 0) is 10.0 Å². The number of pyridine rings is 1. The van der Waals surface area contributed by atoms with Crippen LogP contribution in [0, 0.1) is 0 Å². The lowest BCUT2D eigenvalue weighted by atomic mass is 10.1. The van der Waals surface area contributed by atoms with Crippen LogP contribution < -0.4 is 5.32 Å². The number of aromatic nitrogens is 1. The van der Waals surface area contributed by atoms with Crippen LogP contribution in [0.15, 0.2) is 23.4 Å². The van der Waals surface area contributed by atoms with Gasteiger partial charge in [0, 0.05) is 25.8 Å². The van der Waals surface area contributed by atoms with E-state index in [2.05, 4.69) is 22.2 Å². The highest BCUT2D eigenvalue weighted by Crippen LogP contribution is 2.25. The summed E-state index contributed by atoms with van der Waals surface area (Å²) in [7, 11) is 0.157.